The molecule has 0 spiro atoms. The van der Waals surface area contributed by atoms with Gasteiger partial charge in [-0.25, -0.2) is 0 Å². The SMILES string of the molecule is CCNC(=NCC1(CCO)CCOC1)NCC(c1ccccc1OC)N1CCCC1. The summed E-state index contributed by atoms with van der Waals surface area (Å²) in [5, 5.41) is 16.4. The summed E-state index contributed by atoms with van der Waals surface area (Å²) in [6.45, 7) is 8.12. The second-order valence-electron chi connectivity index (χ2n) is 8.35. The van der Waals surface area contributed by atoms with Crippen molar-refractivity contribution in [3.05, 3.63) is 29.8 Å². The molecule has 1 aromatic carbocycles. The fourth-order valence-corrected chi connectivity index (χ4v) is 4.50. The maximum Gasteiger partial charge on any atom is 0.191 e. The summed E-state index contributed by atoms with van der Waals surface area (Å²) in [5.41, 5.74) is 1.17. The highest BCUT2D eigenvalue weighted by molar-refractivity contribution is 5.79. The number of benzene rings is 1. The van der Waals surface area contributed by atoms with Crippen LogP contribution in [0.15, 0.2) is 29.3 Å². The molecule has 2 atom stereocenters. The summed E-state index contributed by atoms with van der Waals surface area (Å²) in [4.78, 5) is 7.41. The summed E-state index contributed by atoms with van der Waals surface area (Å²) < 4.78 is 11.3. The number of hydrogen-bond donors (Lipinski definition) is 3. The highest BCUT2D eigenvalue weighted by atomic mass is 16.5. The van der Waals surface area contributed by atoms with Crippen LogP contribution in [0.4, 0.5) is 0 Å². The molecule has 30 heavy (non-hydrogen) atoms. The number of ether oxygens (including phenoxy) is 2. The number of nitrogens with zero attached hydrogens (tertiary/aromatic N) is 2. The number of likely N-dealkylation sites (tertiary alicyclic amines) is 1. The van der Waals surface area contributed by atoms with Crippen molar-refractivity contribution < 1.29 is 14.6 Å². The molecule has 2 unspecified atom stereocenters. The van der Waals surface area contributed by atoms with Gasteiger partial charge in [-0.3, -0.25) is 9.89 Å². The lowest BCUT2D eigenvalue weighted by atomic mass is 9.84. The predicted molar refractivity (Wildman–Crippen MR) is 120 cm³/mol. The smallest absolute Gasteiger partial charge is 0.191 e. The van der Waals surface area contributed by atoms with E-state index in [0.717, 1.165) is 57.3 Å². The zero-order valence-corrected chi connectivity index (χ0v) is 18.5. The lowest BCUT2D eigenvalue weighted by Crippen LogP contribution is -2.43. The highest BCUT2D eigenvalue weighted by Gasteiger charge is 2.34. The Morgan fingerprint density at radius 2 is 2.10 bits per heavy atom. The van der Waals surface area contributed by atoms with Crippen LogP contribution in [-0.4, -0.2) is 75.6 Å². The van der Waals surface area contributed by atoms with E-state index in [9.17, 15) is 5.11 Å². The predicted octanol–water partition coefficient (Wildman–Crippen LogP) is 2.18. The standard InChI is InChI=1S/C23H38N4O3/c1-3-24-22(26-17-23(10-14-28)11-15-30-18-23)25-16-20(27-12-6-7-13-27)19-8-4-5-9-21(19)29-2/h4-5,8-9,20,28H,3,6-7,10-18H2,1-2H3,(H2,24,25,26). The van der Waals surface area contributed by atoms with E-state index in [1.165, 1.54) is 18.4 Å². The molecule has 2 aliphatic heterocycles. The minimum atomic E-state index is -0.0475. The van der Waals surface area contributed by atoms with Crippen molar-refractivity contribution in [2.45, 2.75) is 38.6 Å². The second-order valence-corrected chi connectivity index (χ2v) is 8.35. The van der Waals surface area contributed by atoms with Gasteiger partial charge in [0.25, 0.3) is 0 Å². The van der Waals surface area contributed by atoms with Gasteiger partial charge in [-0.2, -0.15) is 0 Å². The first-order valence-electron chi connectivity index (χ1n) is 11.3. The van der Waals surface area contributed by atoms with E-state index in [4.69, 9.17) is 14.5 Å². The molecule has 2 fully saturated rings. The van der Waals surface area contributed by atoms with Crippen LogP contribution in [0.25, 0.3) is 0 Å². The number of hydrogen-bond acceptors (Lipinski definition) is 5. The molecule has 1 aromatic rings. The van der Waals surface area contributed by atoms with Crippen LogP contribution in [0, 0.1) is 5.41 Å². The van der Waals surface area contributed by atoms with Crippen molar-refractivity contribution in [1.29, 1.82) is 0 Å². The molecule has 0 saturated carbocycles. The lowest BCUT2D eigenvalue weighted by Gasteiger charge is -2.30. The third-order valence-electron chi connectivity index (χ3n) is 6.29. The van der Waals surface area contributed by atoms with E-state index >= 15 is 0 Å². The first kappa shape index (κ1) is 22.8. The van der Waals surface area contributed by atoms with E-state index in [1.807, 2.05) is 12.1 Å². The third kappa shape index (κ3) is 5.86. The third-order valence-corrected chi connectivity index (χ3v) is 6.29. The minimum absolute atomic E-state index is 0.0475. The topological polar surface area (TPSA) is 78.4 Å². The molecule has 3 N–H and O–H groups in total. The monoisotopic (exact) mass is 418 g/mol. The van der Waals surface area contributed by atoms with Crippen LogP contribution in [0.5, 0.6) is 5.75 Å². The maximum atomic E-state index is 9.48. The first-order valence-corrected chi connectivity index (χ1v) is 11.3. The van der Waals surface area contributed by atoms with Crippen molar-refractivity contribution in [2.75, 3.05) is 59.7 Å². The highest BCUT2D eigenvalue weighted by Crippen LogP contribution is 2.33. The lowest BCUT2D eigenvalue weighted by molar-refractivity contribution is 0.131. The van der Waals surface area contributed by atoms with Gasteiger partial charge in [0, 0.05) is 37.3 Å². The molecule has 7 heteroatoms. The summed E-state index contributed by atoms with van der Waals surface area (Å²) >= 11 is 0. The average molecular weight is 419 g/mol. The fraction of sp³-hybridized carbons (Fsp3) is 0.696. The van der Waals surface area contributed by atoms with Crippen molar-refractivity contribution in [1.82, 2.24) is 15.5 Å². The number of aliphatic imine (C=N–C) groups is 1. The van der Waals surface area contributed by atoms with Crippen molar-refractivity contribution in [3.8, 4) is 5.75 Å². The van der Waals surface area contributed by atoms with Gasteiger partial charge in [-0.15, -0.1) is 0 Å². The van der Waals surface area contributed by atoms with Crippen molar-refractivity contribution in [3.63, 3.8) is 0 Å². The molecule has 0 aromatic heterocycles. The van der Waals surface area contributed by atoms with Crippen LogP contribution in [0.1, 0.15) is 44.2 Å². The van der Waals surface area contributed by atoms with Gasteiger partial charge in [0.15, 0.2) is 5.96 Å². The Bertz CT molecular complexity index is 670. The zero-order valence-electron chi connectivity index (χ0n) is 18.5. The Labute approximate surface area is 180 Å². The summed E-state index contributed by atoms with van der Waals surface area (Å²) in [6.07, 6.45) is 4.16. The molecular formula is C23H38N4O3. The van der Waals surface area contributed by atoms with Crippen LogP contribution < -0.4 is 15.4 Å². The molecule has 3 rings (SSSR count). The number of aliphatic hydroxyl groups is 1. The van der Waals surface area contributed by atoms with Gasteiger partial charge in [-0.1, -0.05) is 18.2 Å². The normalized spacial score (nSPS) is 23.5. The van der Waals surface area contributed by atoms with Crippen LogP contribution >= 0.6 is 0 Å². The molecular weight excluding hydrogens is 380 g/mol. The van der Waals surface area contributed by atoms with E-state index in [2.05, 4.69) is 34.6 Å². The van der Waals surface area contributed by atoms with Gasteiger partial charge in [-0.05, 0) is 51.8 Å². The fourth-order valence-electron chi connectivity index (χ4n) is 4.50. The number of aliphatic hydroxyl groups excluding tert-OH is 1. The quantitative estimate of drug-likeness (QED) is 0.399. The van der Waals surface area contributed by atoms with Crippen molar-refractivity contribution >= 4 is 5.96 Å². The van der Waals surface area contributed by atoms with E-state index < -0.39 is 0 Å². The molecule has 7 nitrogen and oxygen atoms in total. The van der Waals surface area contributed by atoms with E-state index in [-0.39, 0.29) is 18.1 Å². The molecule has 2 aliphatic rings. The Morgan fingerprint density at radius 3 is 2.77 bits per heavy atom. The van der Waals surface area contributed by atoms with Crippen LogP contribution in [-0.2, 0) is 4.74 Å². The van der Waals surface area contributed by atoms with Gasteiger partial charge in [0.1, 0.15) is 5.75 Å². The van der Waals surface area contributed by atoms with Gasteiger partial charge >= 0.3 is 0 Å². The Kier molecular flexibility index (Phi) is 8.78. The first-order chi connectivity index (χ1) is 14.7. The number of methoxy groups -OCH3 is 1. The second kappa shape index (κ2) is 11.5. The summed E-state index contributed by atoms with van der Waals surface area (Å²) in [7, 11) is 1.74. The molecule has 0 aliphatic carbocycles. The number of guanidine groups is 1. The van der Waals surface area contributed by atoms with E-state index in [1.54, 1.807) is 7.11 Å². The molecule has 0 bridgehead atoms. The minimum Gasteiger partial charge on any atom is -0.496 e. The zero-order chi connectivity index (χ0) is 21.2. The molecule has 2 saturated heterocycles. The molecule has 168 valence electrons. The molecule has 2 heterocycles. The number of nitrogens with one attached hydrogen (secondary N) is 2. The molecule has 0 amide bonds. The van der Waals surface area contributed by atoms with Crippen LogP contribution in [0.3, 0.4) is 0 Å². The van der Waals surface area contributed by atoms with Gasteiger partial charge < -0.3 is 25.2 Å². The Balaban J connectivity index is 1.72. The number of rotatable bonds is 10. The van der Waals surface area contributed by atoms with E-state index in [0.29, 0.717) is 13.2 Å². The number of para-hydroxylation sites is 1. The Hall–Kier alpha value is -1.83. The molecule has 0 radical (unpaired) electrons. The largest absolute Gasteiger partial charge is 0.496 e. The van der Waals surface area contributed by atoms with Gasteiger partial charge in [0.05, 0.1) is 26.3 Å². The van der Waals surface area contributed by atoms with Crippen LogP contribution in [0.2, 0.25) is 0 Å². The maximum absolute atomic E-state index is 9.48. The average Bonchev–Trinajstić information content (AvgIpc) is 3.46. The Morgan fingerprint density at radius 1 is 1.30 bits per heavy atom. The van der Waals surface area contributed by atoms with Gasteiger partial charge in [0.2, 0.25) is 0 Å². The summed E-state index contributed by atoms with van der Waals surface area (Å²) in [5.74, 6) is 1.75. The summed E-state index contributed by atoms with van der Waals surface area (Å²) in [6, 6.07) is 8.54. The van der Waals surface area contributed by atoms with Crippen molar-refractivity contribution in [2.24, 2.45) is 10.4 Å².